The van der Waals surface area contributed by atoms with Crippen LogP contribution in [0.4, 0.5) is 0 Å². The van der Waals surface area contributed by atoms with Crippen molar-refractivity contribution >= 4 is 46.6 Å². The number of thiocarbonyl (C=S) groups is 1. The highest BCUT2D eigenvalue weighted by molar-refractivity contribution is 7.80. The number of hydrogen-bond acceptors (Lipinski definition) is 1. The van der Waals surface area contributed by atoms with Crippen molar-refractivity contribution in [3.8, 4) is 0 Å². The normalized spacial score (nSPS) is 21.1. The minimum Gasteiger partial charge on any atom is -0.351 e. The van der Waals surface area contributed by atoms with Gasteiger partial charge in [-0.1, -0.05) is 53.5 Å². The summed E-state index contributed by atoms with van der Waals surface area (Å²) in [7, 11) is 0. The Balaban J connectivity index is 1.75. The van der Waals surface area contributed by atoms with Crippen LogP contribution in [0.5, 0.6) is 0 Å². The van der Waals surface area contributed by atoms with Crippen LogP contribution in [0.1, 0.15) is 30.0 Å². The van der Waals surface area contributed by atoms with E-state index in [1.165, 1.54) is 16.8 Å². The molecule has 0 aromatic heterocycles. The number of benzene rings is 2. The Kier molecular flexibility index (Phi) is 4.55. The topological polar surface area (TPSA) is 24.1 Å². The molecule has 2 aromatic rings. The Morgan fingerprint density at radius 3 is 2.24 bits per heavy atom. The second-order valence-corrected chi connectivity index (χ2v) is 7.48. The minimum absolute atomic E-state index is 0.0436. The molecular weight excluding hydrogens is 371 g/mol. The fourth-order valence-corrected chi connectivity index (χ4v) is 3.90. The molecular formula is C20H16Cl2N2S. The SMILES string of the molecule is S=C1NC2=C(/C(=C/c3ccc(Cl)cc3)CC2)[C@H](c2ccc(Cl)cc2)N1. The molecule has 1 heterocycles. The van der Waals surface area contributed by atoms with Gasteiger partial charge in [0.25, 0.3) is 0 Å². The van der Waals surface area contributed by atoms with E-state index in [1.54, 1.807) is 0 Å². The van der Waals surface area contributed by atoms with Gasteiger partial charge in [0.05, 0.1) is 6.04 Å². The Morgan fingerprint density at radius 2 is 1.56 bits per heavy atom. The van der Waals surface area contributed by atoms with E-state index in [-0.39, 0.29) is 6.04 Å². The molecule has 1 atom stereocenters. The quantitative estimate of drug-likeness (QED) is 0.652. The average molecular weight is 387 g/mol. The zero-order valence-corrected chi connectivity index (χ0v) is 15.7. The van der Waals surface area contributed by atoms with Crippen molar-refractivity contribution in [1.29, 1.82) is 0 Å². The monoisotopic (exact) mass is 386 g/mol. The van der Waals surface area contributed by atoms with Crippen LogP contribution < -0.4 is 10.6 Å². The molecule has 0 amide bonds. The van der Waals surface area contributed by atoms with Crippen LogP contribution >= 0.6 is 35.4 Å². The summed E-state index contributed by atoms with van der Waals surface area (Å²) in [6, 6.07) is 15.9. The average Bonchev–Trinajstić information content (AvgIpc) is 2.99. The first kappa shape index (κ1) is 16.6. The molecule has 0 saturated heterocycles. The van der Waals surface area contributed by atoms with E-state index < -0.39 is 0 Å². The van der Waals surface area contributed by atoms with Crippen molar-refractivity contribution in [3.63, 3.8) is 0 Å². The maximum atomic E-state index is 6.05. The van der Waals surface area contributed by atoms with E-state index in [0.717, 1.165) is 34.0 Å². The van der Waals surface area contributed by atoms with E-state index >= 15 is 0 Å². The van der Waals surface area contributed by atoms with E-state index in [9.17, 15) is 0 Å². The Morgan fingerprint density at radius 1 is 0.920 bits per heavy atom. The van der Waals surface area contributed by atoms with Crippen LogP contribution in [0.25, 0.3) is 6.08 Å². The highest BCUT2D eigenvalue weighted by atomic mass is 35.5. The molecule has 0 radical (unpaired) electrons. The molecule has 2 aromatic carbocycles. The maximum absolute atomic E-state index is 6.05. The van der Waals surface area contributed by atoms with Crippen LogP contribution in [0.15, 0.2) is 65.4 Å². The van der Waals surface area contributed by atoms with Gasteiger partial charge in [0.15, 0.2) is 5.11 Å². The number of halogens is 2. The Bertz CT molecular complexity index is 883. The highest BCUT2D eigenvalue weighted by Crippen LogP contribution is 2.41. The highest BCUT2D eigenvalue weighted by Gasteiger charge is 2.32. The molecule has 2 aliphatic rings. The molecule has 5 heteroatoms. The maximum Gasteiger partial charge on any atom is 0.171 e. The molecule has 0 unspecified atom stereocenters. The van der Waals surface area contributed by atoms with Crippen LogP contribution in [-0.4, -0.2) is 5.11 Å². The third-order valence-corrected chi connectivity index (χ3v) is 5.28. The first-order chi connectivity index (χ1) is 12.1. The van der Waals surface area contributed by atoms with Crippen molar-refractivity contribution in [2.45, 2.75) is 18.9 Å². The van der Waals surface area contributed by atoms with Crippen molar-refractivity contribution in [1.82, 2.24) is 10.6 Å². The van der Waals surface area contributed by atoms with Gasteiger partial charge in [-0.3, -0.25) is 0 Å². The van der Waals surface area contributed by atoms with Crippen molar-refractivity contribution in [3.05, 3.63) is 86.5 Å². The van der Waals surface area contributed by atoms with Gasteiger partial charge < -0.3 is 10.6 Å². The van der Waals surface area contributed by atoms with Crippen LogP contribution in [-0.2, 0) is 0 Å². The van der Waals surface area contributed by atoms with E-state index in [4.69, 9.17) is 35.4 Å². The van der Waals surface area contributed by atoms with Gasteiger partial charge >= 0.3 is 0 Å². The number of nitrogens with one attached hydrogen (secondary N) is 2. The van der Waals surface area contributed by atoms with Crippen LogP contribution in [0.3, 0.4) is 0 Å². The molecule has 0 spiro atoms. The molecule has 2 N–H and O–H groups in total. The van der Waals surface area contributed by atoms with Gasteiger partial charge in [0.2, 0.25) is 0 Å². The standard InChI is InChI=1S/C20H16Cl2N2S/c21-15-6-1-12(2-7-15)11-14-5-10-17-18(14)19(24-20(25)23-17)13-3-8-16(22)9-4-13/h1-4,6-9,11,19H,5,10H2,(H2,23,24,25)/b14-11+/t19-/m0/s1. The first-order valence-electron chi connectivity index (χ1n) is 8.13. The summed E-state index contributed by atoms with van der Waals surface area (Å²) in [5.74, 6) is 0. The van der Waals surface area contributed by atoms with Gasteiger partial charge in [-0.15, -0.1) is 0 Å². The van der Waals surface area contributed by atoms with Gasteiger partial charge in [-0.2, -0.15) is 0 Å². The largest absolute Gasteiger partial charge is 0.351 e. The predicted octanol–water partition coefficient (Wildman–Crippen LogP) is 5.64. The van der Waals surface area contributed by atoms with E-state index in [0.29, 0.717) is 5.11 Å². The lowest BCUT2D eigenvalue weighted by molar-refractivity contribution is 0.708. The van der Waals surface area contributed by atoms with Crippen molar-refractivity contribution < 1.29 is 0 Å². The van der Waals surface area contributed by atoms with Crippen LogP contribution in [0.2, 0.25) is 10.0 Å². The van der Waals surface area contributed by atoms with Crippen LogP contribution in [0, 0.1) is 0 Å². The molecule has 4 rings (SSSR count). The second-order valence-electron chi connectivity index (χ2n) is 6.20. The zero-order valence-electron chi connectivity index (χ0n) is 13.4. The van der Waals surface area contributed by atoms with Gasteiger partial charge in [-0.05, 0) is 66.0 Å². The second kappa shape index (κ2) is 6.83. The molecule has 2 nitrogen and oxygen atoms in total. The third-order valence-electron chi connectivity index (χ3n) is 4.56. The van der Waals surface area contributed by atoms with Gasteiger partial charge in [0, 0.05) is 21.3 Å². The molecule has 0 fully saturated rings. The summed E-state index contributed by atoms with van der Waals surface area (Å²) in [6.07, 6.45) is 4.20. The molecule has 0 bridgehead atoms. The minimum atomic E-state index is 0.0436. The van der Waals surface area contributed by atoms with Crippen molar-refractivity contribution in [2.24, 2.45) is 0 Å². The fourth-order valence-electron chi connectivity index (χ4n) is 3.40. The fraction of sp³-hybridized carbons (Fsp3) is 0.150. The van der Waals surface area contributed by atoms with E-state index in [1.807, 2.05) is 36.4 Å². The zero-order chi connectivity index (χ0) is 17.4. The number of hydrogen-bond donors (Lipinski definition) is 2. The predicted molar refractivity (Wildman–Crippen MR) is 109 cm³/mol. The molecule has 0 saturated carbocycles. The summed E-state index contributed by atoms with van der Waals surface area (Å²) in [4.78, 5) is 0. The lowest BCUT2D eigenvalue weighted by atomic mass is 9.92. The summed E-state index contributed by atoms with van der Waals surface area (Å²) in [5, 5.41) is 8.89. The third kappa shape index (κ3) is 3.45. The Labute approximate surface area is 162 Å². The first-order valence-corrected chi connectivity index (χ1v) is 9.29. The lowest BCUT2D eigenvalue weighted by Gasteiger charge is -2.30. The molecule has 1 aliphatic heterocycles. The molecule has 1 aliphatic carbocycles. The van der Waals surface area contributed by atoms with E-state index in [2.05, 4.69) is 28.8 Å². The summed E-state index contributed by atoms with van der Waals surface area (Å²) < 4.78 is 0. The van der Waals surface area contributed by atoms with Gasteiger partial charge in [0.1, 0.15) is 0 Å². The molecule has 25 heavy (non-hydrogen) atoms. The summed E-state index contributed by atoms with van der Waals surface area (Å²) >= 11 is 17.4. The number of rotatable bonds is 2. The number of allylic oxidation sites excluding steroid dienone is 1. The summed E-state index contributed by atoms with van der Waals surface area (Å²) in [6.45, 7) is 0. The smallest absolute Gasteiger partial charge is 0.171 e. The van der Waals surface area contributed by atoms with Gasteiger partial charge in [-0.25, -0.2) is 0 Å². The lowest BCUT2D eigenvalue weighted by Crippen LogP contribution is -2.42. The Hall–Kier alpha value is -1.81. The summed E-state index contributed by atoms with van der Waals surface area (Å²) in [5.41, 5.74) is 6.12. The molecule has 126 valence electrons. The van der Waals surface area contributed by atoms with Crippen molar-refractivity contribution in [2.75, 3.05) is 0 Å².